The van der Waals surface area contributed by atoms with Crippen LogP contribution < -0.4 is 5.32 Å². The molecule has 28 heavy (non-hydrogen) atoms. The lowest BCUT2D eigenvalue weighted by Crippen LogP contribution is -2.07. The fraction of sp³-hybridized carbons (Fsp3) is 0.0455. The molecule has 0 unspecified atom stereocenters. The fourth-order valence-electron chi connectivity index (χ4n) is 3.03. The molecule has 0 aliphatic rings. The first-order valence-corrected chi connectivity index (χ1v) is 10.2. The molecule has 0 saturated heterocycles. The highest BCUT2D eigenvalue weighted by atomic mass is 32.2. The highest BCUT2D eigenvalue weighted by molar-refractivity contribution is 7.91. The van der Waals surface area contributed by atoms with E-state index >= 15 is 0 Å². The molecule has 0 aliphatic carbocycles. The third kappa shape index (κ3) is 3.34. The number of aryl methyl sites for hydroxylation is 1. The molecule has 0 atom stereocenters. The van der Waals surface area contributed by atoms with E-state index in [4.69, 9.17) is 0 Å². The molecule has 6 heteroatoms. The molecule has 4 nitrogen and oxygen atoms in total. The number of rotatable bonds is 4. The Hall–Kier alpha value is -3.25. The van der Waals surface area contributed by atoms with Gasteiger partial charge in [-0.25, -0.2) is 12.8 Å². The first kappa shape index (κ1) is 18.1. The van der Waals surface area contributed by atoms with Gasteiger partial charge in [-0.1, -0.05) is 29.8 Å². The Kier molecular flexibility index (Phi) is 4.57. The topological polar surface area (TPSA) is 59.1 Å². The number of anilines is 2. The second-order valence-corrected chi connectivity index (χ2v) is 8.38. The lowest BCUT2D eigenvalue weighted by Gasteiger charge is -2.16. The van der Waals surface area contributed by atoms with Crippen molar-refractivity contribution in [1.29, 1.82) is 0 Å². The van der Waals surface area contributed by atoms with Crippen LogP contribution in [0.5, 0.6) is 0 Å². The second-order valence-electron chi connectivity index (χ2n) is 6.47. The zero-order valence-corrected chi connectivity index (χ0v) is 15.9. The van der Waals surface area contributed by atoms with Crippen LogP contribution >= 0.6 is 0 Å². The lowest BCUT2D eigenvalue weighted by molar-refractivity contribution is 0.596. The number of fused-ring (bicyclic) bond motifs is 1. The molecular formula is C22H17FN2O2S. The van der Waals surface area contributed by atoms with Crippen molar-refractivity contribution < 1.29 is 12.8 Å². The lowest BCUT2D eigenvalue weighted by atomic mass is 10.1. The standard InChI is InChI=1S/C22H17FN2O2S/c1-15-7-12-20-19(13-15)22(25-17-10-8-16(23)9-11-17)21(14-24-20)28(26,27)18-5-3-2-4-6-18/h2-14H,1H3,(H,24,25). The Balaban J connectivity index is 1.97. The van der Waals surface area contributed by atoms with Crippen LogP contribution in [-0.2, 0) is 9.84 Å². The van der Waals surface area contributed by atoms with Crippen molar-refractivity contribution in [1.82, 2.24) is 4.98 Å². The molecule has 0 saturated carbocycles. The van der Waals surface area contributed by atoms with E-state index in [-0.39, 0.29) is 15.6 Å². The molecule has 0 radical (unpaired) electrons. The van der Waals surface area contributed by atoms with E-state index in [0.717, 1.165) is 5.56 Å². The van der Waals surface area contributed by atoms with E-state index in [1.165, 1.54) is 18.3 Å². The summed E-state index contributed by atoms with van der Waals surface area (Å²) in [6.45, 7) is 1.93. The van der Waals surface area contributed by atoms with Gasteiger partial charge in [0, 0.05) is 17.3 Å². The van der Waals surface area contributed by atoms with Crippen molar-refractivity contribution in [2.24, 2.45) is 0 Å². The SMILES string of the molecule is Cc1ccc2ncc(S(=O)(=O)c3ccccc3)c(Nc3ccc(F)cc3)c2c1. The normalized spacial score (nSPS) is 11.5. The maximum Gasteiger partial charge on any atom is 0.210 e. The molecule has 4 aromatic rings. The Labute approximate surface area is 162 Å². The number of halogens is 1. The molecule has 3 aromatic carbocycles. The minimum atomic E-state index is -3.80. The van der Waals surface area contributed by atoms with E-state index < -0.39 is 9.84 Å². The molecule has 4 rings (SSSR count). The largest absolute Gasteiger partial charge is 0.354 e. The summed E-state index contributed by atoms with van der Waals surface area (Å²) in [6, 6.07) is 19.7. The van der Waals surface area contributed by atoms with Crippen LogP contribution in [0.1, 0.15) is 5.56 Å². The van der Waals surface area contributed by atoms with Crippen molar-refractivity contribution in [2.45, 2.75) is 16.7 Å². The van der Waals surface area contributed by atoms with Gasteiger partial charge in [0.25, 0.3) is 0 Å². The maximum atomic E-state index is 13.3. The summed E-state index contributed by atoms with van der Waals surface area (Å²) >= 11 is 0. The van der Waals surface area contributed by atoms with Crippen LogP contribution in [0.3, 0.4) is 0 Å². The molecule has 0 amide bonds. The number of nitrogens with zero attached hydrogens (tertiary/aromatic N) is 1. The zero-order valence-electron chi connectivity index (χ0n) is 15.1. The van der Waals surface area contributed by atoms with Gasteiger partial charge in [0.15, 0.2) is 0 Å². The predicted molar refractivity (Wildman–Crippen MR) is 108 cm³/mol. The van der Waals surface area contributed by atoms with Crippen molar-refractivity contribution in [3.8, 4) is 0 Å². The maximum absolute atomic E-state index is 13.3. The van der Waals surface area contributed by atoms with Gasteiger partial charge in [0.1, 0.15) is 10.7 Å². The Morgan fingerprint density at radius 1 is 0.929 bits per heavy atom. The highest BCUT2D eigenvalue weighted by Crippen LogP contribution is 2.35. The van der Waals surface area contributed by atoms with Crippen molar-refractivity contribution in [2.75, 3.05) is 5.32 Å². The van der Waals surface area contributed by atoms with Gasteiger partial charge < -0.3 is 5.32 Å². The number of pyridine rings is 1. The summed E-state index contributed by atoms with van der Waals surface area (Å²) in [6.07, 6.45) is 1.37. The molecule has 1 heterocycles. The van der Waals surface area contributed by atoms with Gasteiger partial charge in [0.2, 0.25) is 9.84 Å². The highest BCUT2D eigenvalue weighted by Gasteiger charge is 2.24. The van der Waals surface area contributed by atoms with Crippen LogP contribution in [-0.4, -0.2) is 13.4 Å². The Bertz CT molecular complexity index is 1260. The second kappa shape index (κ2) is 7.05. The molecule has 0 aliphatic heterocycles. The summed E-state index contributed by atoms with van der Waals surface area (Å²) in [5, 5.41) is 3.84. The summed E-state index contributed by atoms with van der Waals surface area (Å²) in [4.78, 5) is 4.61. The molecular weight excluding hydrogens is 375 g/mol. The van der Waals surface area contributed by atoms with Crippen LogP contribution in [0.25, 0.3) is 10.9 Å². The first-order chi connectivity index (χ1) is 13.4. The Morgan fingerprint density at radius 2 is 1.64 bits per heavy atom. The minimum Gasteiger partial charge on any atom is -0.354 e. The summed E-state index contributed by atoms with van der Waals surface area (Å²) in [7, 11) is -3.80. The van der Waals surface area contributed by atoms with Gasteiger partial charge in [0.05, 0.1) is 16.1 Å². The third-order valence-electron chi connectivity index (χ3n) is 4.45. The fourth-order valence-corrected chi connectivity index (χ4v) is 4.42. The molecule has 1 N–H and O–H groups in total. The molecule has 140 valence electrons. The number of sulfone groups is 1. The number of hydrogen-bond acceptors (Lipinski definition) is 4. The quantitative estimate of drug-likeness (QED) is 0.515. The average Bonchev–Trinajstić information content (AvgIpc) is 2.70. The van der Waals surface area contributed by atoms with Gasteiger partial charge in [-0.05, 0) is 55.5 Å². The van der Waals surface area contributed by atoms with E-state index in [1.807, 2.05) is 25.1 Å². The van der Waals surface area contributed by atoms with Crippen LogP contribution in [0, 0.1) is 12.7 Å². The summed E-state index contributed by atoms with van der Waals surface area (Å²) in [5.74, 6) is -0.363. The van der Waals surface area contributed by atoms with Gasteiger partial charge in [-0.3, -0.25) is 4.98 Å². The minimum absolute atomic E-state index is 0.0705. The van der Waals surface area contributed by atoms with Crippen LogP contribution in [0.15, 0.2) is 88.8 Å². The third-order valence-corrected chi connectivity index (χ3v) is 6.23. The van der Waals surface area contributed by atoms with E-state index in [1.54, 1.807) is 42.5 Å². The number of nitrogens with one attached hydrogen (secondary N) is 1. The van der Waals surface area contributed by atoms with Crippen molar-refractivity contribution in [3.63, 3.8) is 0 Å². The van der Waals surface area contributed by atoms with Gasteiger partial charge in [-0.2, -0.15) is 0 Å². The van der Waals surface area contributed by atoms with E-state index in [2.05, 4.69) is 10.3 Å². The van der Waals surface area contributed by atoms with Crippen molar-refractivity contribution in [3.05, 3.63) is 90.4 Å². The van der Waals surface area contributed by atoms with Crippen molar-refractivity contribution >= 4 is 32.1 Å². The van der Waals surface area contributed by atoms with E-state index in [0.29, 0.717) is 22.3 Å². The molecule has 0 bridgehead atoms. The zero-order chi connectivity index (χ0) is 19.7. The molecule has 0 spiro atoms. The predicted octanol–water partition coefficient (Wildman–Crippen LogP) is 5.26. The van der Waals surface area contributed by atoms with E-state index in [9.17, 15) is 12.8 Å². The number of hydrogen-bond donors (Lipinski definition) is 1. The smallest absolute Gasteiger partial charge is 0.210 e. The summed E-state index contributed by atoms with van der Waals surface area (Å²) in [5.41, 5.74) is 2.65. The average molecular weight is 392 g/mol. The first-order valence-electron chi connectivity index (χ1n) is 8.67. The molecule has 0 fully saturated rings. The Morgan fingerprint density at radius 3 is 2.36 bits per heavy atom. The molecule has 1 aromatic heterocycles. The van der Waals surface area contributed by atoms with Crippen LogP contribution in [0.2, 0.25) is 0 Å². The number of aromatic nitrogens is 1. The summed E-state index contributed by atoms with van der Waals surface area (Å²) < 4.78 is 39.9. The monoisotopic (exact) mass is 392 g/mol. The van der Waals surface area contributed by atoms with Gasteiger partial charge in [-0.15, -0.1) is 0 Å². The van der Waals surface area contributed by atoms with Crippen LogP contribution in [0.4, 0.5) is 15.8 Å². The number of benzene rings is 3. The van der Waals surface area contributed by atoms with Gasteiger partial charge >= 0.3 is 0 Å².